The van der Waals surface area contributed by atoms with E-state index >= 15 is 0 Å². The number of rotatable bonds is 3. The summed E-state index contributed by atoms with van der Waals surface area (Å²) < 4.78 is 0. The molecule has 0 radical (unpaired) electrons. The Bertz CT molecular complexity index is 450. The van der Waals surface area contributed by atoms with Gasteiger partial charge in [0.15, 0.2) is 0 Å². The Hall–Kier alpha value is -1.37. The van der Waals surface area contributed by atoms with Crippen LogP contribution in [0.4, 0.5) is 0 Å². The van der Waals surface area contributed by atoms with Crippen LogP contribution in [0.1, 0.15) is 36.4 Å². The van der Waals surface area contributed by atoms with E-state index in [1.807, 2.05) is 12.1 Å². The number of nitrogens with zero attached hydrogens (tertiary/aromatic N) is 2. The van der Waals surface area contributed by atoms with Gasteiger partial charge in [-0.1, -0.05) is 18.6 Å². The molecule has 2 aliphatic rings. The normalized spacial score (nSPS) is 22.5. The molecule has 1 aliphatic heterocycles. The van der Waals surface area contributed by atoms with Crippen LogP contribution in [0.15, 0.2) is 24.3 Å². The van der Waals surface area contributed by atoms with Crippen LogP contribution >= 0.6 is 0 Å². The van der Waals surface area contributed by atoms with Crippen molar-refractivity contribution < 1.29 is 0 Å². The van der Waals surface area contributed by atoms with E-state index in [-0.39, 0.29) is 0 Å². The van der Waals surface area contributed by atoms with E-state index in [4.69, 9.17) is 5.26 Å². The van der Waals surface area contributed by atoms with E-state index in [2.05, 4.69) is 28.4 Å². The molecule has 1 saturated carbocycles. The van der Waals surface area contributed by atoms with Gasteiger partial charge in [0.2, 0.25) is 0 Å². The Morgan fingerprint density at radius 2 is 1.84 bits per heavy atom. The second-order valence-corrected chi connectivity index (χ2v) is 5.66. The standard InChI is InChI=1S/C16H21N3/c17-12-13-4-6-15(7-5-13)16(14-2-1-3-14)19-10-8-18-9-11-19/h4-7,14,16,18H,1-3,8-11H2/t16-/m0/s1. The first kappa shape index (κ1) is 12.7. The maximum atomic E-state index is 8.91. The summed E-state index contributed by atoms with van der Waals surface area (Å²) in [6.45, 7) is 4.47. The highest BCUT2D eigenvalue weighted by Crippen LogP contribution is 2.41. The average Bonchev–Trinajstić information content (AvgIpc) is 2.44. The molecule has 19 heavy (non-hydrogen) atoms. The predicted octanol–water partition coefficient (Wildman–Crippen LogP) is 2.30. The molecule has 0 bridgehead atoms. The SMILES string of the molecule is N#Cc1ccc([C@H](C2CCC2)N2CCNCC2)cc1. The molecule has 1 saturated heterocycles. The fraction of sp³-hybridized carbons (Fsp3) is 0.562. The van der Waals surface area contributed by atoms with Crippen molar-refractivity contribution in [2.45, 2.75) is 25.3 Å². The quantitative estimate of drug-likeness (QED) is 0.901. The van der Waals surface area contributed by atoms with Gasteiger partial charge in [0.25, 0.3) is 0 Å². The van der Waals surface area contributed by atoms with Gasteiger partial charge in [-0.25, -0.2) is 0 Å². The molecule has 3 heteroatoms. The van der Waals surface area contributed by atoms with Gasteiger partial charge < -0.3 is 5.32 Å². The van der Waals surface area contributed by atoms with Gasteiger partial charge in [-0.3, -0.25) is 4.90 Å². The molecule has 0 aromatic heterocycles. The molecule has 3 rings (SSSR count). The highest BCUT2D eigenvalue weighted by molar-refractivity contribution is 5.33. The van der Waals surface area contributed by atoms with Crippen LogP contribution in [0.25, 0.3) is 0 Å². The molecule has 2 fully saturated rings. The van der Waals surface area contributed by atoms with Crippen LogP contribution in [0, 0.1) is 17.2 Å². The summed E-state index contributed by atoms with van der Waals surface area (Å²) in [6, 6.07) is 11.0. The minimum atomic E-state index is 0.559. The van der Waals surface area contributed by atoms with Crippen molar-refractivity contribution in [1.29, 1.82) is 5.26 Å². The fourth-order valence-electron chi connectivity index (χ4n) is 3.25. The Labute approximate surface area is 115 Å². The molecule has 1 aliphatic carbocycles. The lowest BCUT2D eigenvalue weighted by Gasteiger charge is -2.43. The van der Waals surface area contributed by atoms with Gasteiger partial charge >= 0.3 is 0 Å². The third-order valence-electron chi connectivity index (χ3n) is 4.52. The summed E-state index contributed by atoms with van der Waals surface area (Å²) in [4.78, 5) is 2.63. The number of hydrogen-bond donors (Lipinski definition) is 1. The maximum absolute atomic E-state index is 8.91. The molecule has 3 nitrogen and oxygen atoms in total. The van der Waals surface area contributed by atoms with Crippen molar-refractivity contribution in [3.05, 3.63) is 35.4 Å². The minimum Gasteiger partial charge on any atom is -0.314 e. The molecular weight excluding hydrogens is 234 g/mol. The predicted molar refractivity (Wildman–Crippen MR) is 75.7 cm³/mol. The number of benzene rings is 1. The van der Waals surface area contributed by atoms with E-state index in [1.54, 1.807) is 0 Å². The minimum absolute atomic E-state index is 0.559. The van der Waals surface area contributed by atoms with Crippen LogP contribution in [0.3, 0.4) is 0 Å². The number of nitrogens with one attached hydrogen (secondary N) is 1. The highest BCUT2D eigenvalue weighted by atomic mass is 15.2. The van der Waals surface area contributed by atoms with E-state index in [1.165, 1.54) is 24.8 Å². The lowest BCUT2D eigenvalue weighted by Crippen LogP contribution is -2.47. The van der Waals surface area contributed by atoms with Crippen LogP contribution in [0.2, 0.25) is 0 Å². The molecule has 1 N–H and O–H groups in total. The Balaban J connectivity index is 1.82. The zero-order valence-electron chi connectivity index (χ0n) is 11.3. The van der Waals surface area contributed by atoms with Crippen LogP contribution in [0.5, 0.6) is 0 Å². The van der Waals surface area contributed by atoms with E-state index in [9.17, 15) is 0 Å². The van der Waals surface area contributed by atoms with Gasteiger partial charge in [0.05, 0.1) is 11.6 Å². The van der Waals surface area contributed by atoms with Crippen molar-refractivity contribution in [2.75, 3.05) is 26.2 Å². The van der Waals surface area contributed by atoms with Crippen molar-refractivity contribution >= 4 is 0 Å². The second kappa shape index (κ2) is 5.73. The third kappa shape index (κ3) is 2.65. The largest absolute Gasteiger partial charge is 0.314 e. The smallest absolute Gasteiger partial charge is 0.0991 e. The molecule has 1 heterocycles. The van der Waals surface area contributed by atoms with Crippen molar-refractivity contribution in [3.8, 4) is 6.07 Å². The van der Waals surface area contributed by atoms with Crippen LogP contribution in [-0.2, 0) is 0 Å². The monoisotopic (exact) mass is 255 g/mol. The van der Waals surface area contributed by atoms with Crippen molar-refractivity contribution in [3.63, 3.8) is 0 Å². The summed E-state index contributed by atoms with van der Waals surface area (Å²) in [5.74, 6) is 0.811. The molecule has 100 valence electrons. The highest BCUT2D eigenvalue weighted by Gasteiger charge is 2.33. The van der Waals surface area contributed by atoms with Crippen molar-refractivity contribution in [1.82, 2.24) is 10.2 Å². The van der Waals surface area contributed by atoms with E-state index in [0.717, 1.165) is 37.7 Å². The lowest BCUT2D eigenvalue weighted by atomic mass is 9.76. The first-order valence-electron chi connectivity index (χ1n) is 7.33. The molecule has 1 atom stereocenters. The molecule has 0 spiro atoms. The van der Waals surface area contributed by atoms with Gasteiger partial charge in [-0.15, -0.1) is 0 Å². The van der Waals surface area contributed by atoms with Crippen LogP contribution in [-0.4, -0.2) is 31.1 Å². The number of nitriles is 1. The van der Waals surface area contributed by atoms with Gasteiger partial charge in [-0.2, -0.15) is 5.26 Å². The first-order chi connectivity index (χ1) is 9.38. The van der Waals surface area contributed by atoms with Gasteiger partial charge in [0.1, 0.15) is 0 Å². The number of piperazine rings is 1. The zero-order valence-corrected chi connectivity index (χ0v) is 11.3. The molecular formula is C16H21N3. The topological polar surface area (TPSA) is 39.1 Å². The number of hydrogen-bond acceptors (Lipinski definition) is 3. The summed E-state index contributed by atoms with van der Waals surface area (Å²) in [6.07, 6.45) is 4.09. The first-order valence-corrected chi connectivity index (χ1v) is 7.33. The Morgan fingerprint density at radius 1 is 1.16 bits per heavy atom. The van der Waals surface area contributed by atoms with E-state index in [0.29, 0.717) is 6.04 Å². The lowest BCUT2D eigenvalue weighted by molar-refractivity contribution is 0.0837. The van der Waals surface area contributed by atoms with Crippen LogP contribution < -0.4 is 5.32 Å². The second-order valence-electron chi connectivity index (χ2n) is 5.66. The van der Waals surface area contributed by atoms with Gasteiger partial charge in [0, 0.05) is 32.2 Å². The summed E-state index contributed by atoms with van der Waals surface area (Å²) in [5, 5.41) is 12.3. The van der Waals surface area contributed by atoms with E-state index < -0.39 is 0 Å². The van der Waals surface area contributed by atoms with Crippen molar-refractivity contribution in [2.24, 2.45) is 5.92 Å². The molecule has 1 aromatic carbocycles. The summed E-state index contributed by atoms with van der Waals surface area (Å²) in [7, 11) is 0. The third-order valence-corrected chi connectivity index (χ3v) is 4.52. The summed E-state index contributed by atoms with van der Waals surface area (Å²) >= 11 is 0. The van der Waals surface area contributed by atoms with Gasteiger partial charge in [-0.05, 0) is 36.5 Å². The Kier molecular flexibility index (Phi) is 3.82. The average molecular weight is 255 g/mol. The Morgan fingerprint density at radius 3 is 2.37 bits per heavy atom. The maximum Gasteiger partial charge on any atom is 0.0991 e. The molecule has 0 amide bonds. The molecule has 0 unspecified atom stereocenters. The fourth-order valence-corrected chi connectivity index (χ4v) is 3.25. The molecule has 1 aromatic rings. The summed E-state index contributed by atoms with van der Waals surface area (Å²) in [5.41, 5.74) is 2.15. The zero-order chi connectivity index (χ0) is 13.1.